The number of pyridine rings is 1. The van der Waals surface area contributed by atoms with Crippen molar-refractivity contribution in [3.8, 4) is 5.75 Å². The molecule has 8 nitrogen and oxygen atoms in total. The monoisotopic (exact) mass is 301 g/mol. The molecule has 0 aliphatic heterocycles. The van der Waals surface area contributed by atoms with Gasteiger partial charge < -0.3 is 15.6 Å². The van der Waals surface area contributed by atoms with Crippen LogP contribution in [0.2, 0.25) is 0 Å². The Balaban J connectivity index is 2.19. The number of aromatic hydroxyl groups is 1. The number of azo groups is 1. The third-order valence-corrected chi connectivity index (χ3v) is 2.54. The molecule has 0 fully saturated rings. The molecular formula is C14H15N5O3. The number of nitrogens with zero attached hydrogens (tertiary/aromatic N) is 3. The Kier molecular flexibility index (Phi) is 4.86. The minimum atomic E-state index is -0.733. The molecule has 2 rings (SSSR count). The Hall–Kier alpha value is -3.16. The molecule has 4 N–H and O–H groups in total. The van der Waals surface area contributed by atoms with Crippen molar-refractivity contribution in [2.24, 2.45) is 10.2 Å². The van der Waals surface area contributed by atoms with Crippen molar-refractivity contribution in [1.82, 2.24) is 4.98 Å². The van der Waals surface area contributed by atoms with E-state index in [1.165, 1.54) is 6.07 Å². The van der Waals surface area contributed by atoms with Crippen molar-refractivity contribution in [1.29, 1.82) is 0 Å². The summed E-state index contributed by atoms with van der Waals surface area (Å²) in [6.45, 7) is 1.86. The maximum atomic E-state index is 11.3. The molecule has 114 valence electrons. The molecule has 0 radical (unpaired) electrons. The topological polar surface area (TPSA) is 122 Å². The van der Waals surface area contributed by atoms with E-state index in [2.05, 4.69) is 20.5 Å². The largest absolute Gasteiger partial charge is 0.504 e. The maximum absolute atomic E-state index is 11.3. The van der Waals surface area contributed by atoms with Crippen LogP contribution in [0.5, 0.6) is 5.75 Å². The molecule has 22 heavy (non-hydrogen) atoms. The number of hydrogen-bond donors (Lipinski definition) is 3. The molecule has 0 saturated heterocycles. The lowest BCUT2D eigenvalue weighted by molar-refractivity contribution is 0.167. The summed E-state index contributed by atoms with van der Waals surface area (Å²) < 4.78 is 4.69. The summed E-state index contributed by atoms with van der Waals surface area (Å²) in [5, 5.41) is 20.0. The molecule has 1 aromatic carbocycles. The zero-order valence-electron chi connectivity index (χ0n) is 11.9. The molecule has 0 spiro atoms. The van der Waals surface area contributed by atoms with E-state index in [-0.39, 0.29) is 29.7 Å². The van der Waals surface area contributed by atoms with E-state index in [1.54, 1.807) is 19.1 Å². The lowest BCUT2D eigenvalue weighted by Crippen LogP contribution is -2.14. The zero-order chi connectivity index (χ0) is 15.9. The highest BCUT2D eigenvalue weighted by Crippen LogP contribution is 2.32. The molecule has 1 heterocycles. The van der Waals surface area contributed by atoms with E-state index in [4.69, 9.17) is 10.5 Å². The Morgan fingerprint density at radius 2 is 2.09 bits per heavy atom. The first-order valence-corrected chi connectivity index (χ1v) is 6.50. The van der Waals surface area contributed by atoms with Gasteiger partial charge in [-0.2, -0.15) is 5.11 Å². The first-order chi connectivity index (χ1) is 10.6. The van der Waals surface area contributed by atoms with Crippen LogP contribution in [0.25, 0.3) is 0 Å². The van der Waals surface area contributed by atoms with Crippen LogP contribution in [-0.4, -0.2) is 22.8 Å². The lowest BCUT2D eigenvalue weighted by atomic mass is 10.3. The number of carbonyl (C=O) groups excluding carboxylic acids is 1. The number of nitrogens with two attached hydrogens (primary N) is 1. The lowest BCUT2D eigenvalue weighted by Gasteiger charge is -2.08. The van der Waals surface area contributed by atoms with Crippen LogP contribution < -0.4 is 11.1 Å². The van der Waals surface area contributed by atoms with Crippen molar-refractivity contribution >= 4 is 29.1 Å². The summed E-state index contributed by atoms with van der Waals surface area (Å²) in [5.41, 5.74) is 6.56. The van der Waals surface area contributed by atoms with Crippen molar-refractivity contribution in [3.05, 3.63) is 36.4 Å². The van der Waals surface area contributed by atoms with Gasteiger partial charge in [0.15, 0.2) is 17.4 Å². The average Bonchev–Trinajstić information content (AvgIpc) is 2.50. The molecule has 0 atom stereocenters. The normalized spacial score (nSPS) is 10.6. The standard InChI is InChI=1S/C14H15N5O3/c1-2-22-14(21)17-13-11(20)8-10(12(15)16-13)19-18-9-6-4-3-5-7-9/h3-8,20H,2H2,1H3,(H3,15,16,17,21)/b19-18+. The summed E-state index contributed by atoms with van der Waals surface area (Å²) in [4.78, 5) is 15.2. The summed E-state index contributed by atoms with van der Waals surface area (Å²) in [7, 11) is 0. The number of nitrogen functional groups attached to an aromatic ring is 1. The smallest absolute Gasteiger partial charge is 0.412 e. The number of nitrogens with one attached hydrogen (secondary N) is 1. The summed E-state index contributed by atoms with van der Waals surface area (Å²) in [6, 6.07) is 10.3. The molecule has 2 aromatic rings. The number of hydrogen-bond acceptors (Lipinski definition) is 7. The molecular weight excluding hydrogens is 286 g/mol. The second-order valence-electron chi connectivity index (χ2n) is 4.14. The Morgan fingerprint density at radius 1 is 1.36 bits per heavy atom. The van der Waals surface area contributed by atoms with Crippen molar-refractivity contribution in [3.63, 3.8) is 0 Å². The molecule has 1 aromatic heterocycles. The van der Waals surface area contributed by atoms with Crippen molar-refractivity contribution in [2.75, 3.05) is 17.7 Å². The number of benzene rings is 1. The van der Waals surface area contributed by atoms with Gasteiger partial charge in [-0.1, -0.05) is 18.2 Å². The van der Waals surface area contributed by atoms with Crippen LogP contribution in [0.15, 0.2) is 46.6 Å². The van der Waals surface area contributed by atoms with Gasteiger partial charge in [0.1, 0.15) is 5.69 Å². The fourth-order valence-electron chi connectivity index (χ4n) is 1.55. The van der Waals surface area contributed by atoms with Crippen molar-refractivity contribution in [2.45, 2.75) is 6.92 Å². The Morgan fingerprint density at radius 3 is 2.77 bits per heavy atom. The van der Waals surface area contributed by atoms with E-state index in [0.29, 0.717) is 5.69 Å². The first-order valence-electron chi connectivity index (χ1n) is 6.50. The van der Waals surface area contributed by atoms with Crippen LogP contribution >= 0.6 is 0 Å². The number of rotatable bonds is 4. The van der Waals surface area contributed by atoms with Crippen LogP contribution in [-0.2, 0) is 4.74 Å². The molecule has 0 unspecified atom stereocenters. The maximum Gasteiger partial charge on any atom is 0.412 e. The molecule has 0 aliphatic rings. The molecule has 1 amide bonds. The van der Waals surface area contributed by atoms with E-state index >= 15 is 0 Å². The predicted octanol–water partition coefficient (Wildman–Crippen LogP) is 3.35. The molecule has 0 aliphatic carbocycles. The Labute approximate surface area is 126 Å². The van der Waals surface area contributed by atoms with Gasteiger partial charge in [-0.15, -0.1) is 5.11 Å². The fraction of sp³-hybridized carbons (Fsp3) is 0.143. The molecule has 0 saturated carbocycles. The average molecular weight is 301 g/mol. The molecule has 0 bridgehead atoms. The van der Waals surface area contributed by atoms with E-state index in [0.717, 1.165) is 0 Å². The highest BCUT2D eigenvalue weighted by atomic mass is 16.5. The van der Waals surface area contributed by atoms with Gasteiger partial charge >= 0.3 is 6.09 Å². The quantitative estimate of drug-likeness (QED) is 0.747. The SMILES string of the molecule is CCOC(=O)Nc1nc(N)c(/N=N/c2ccccc2)cc1O. The number of amides is 1. The van der Waals surface area contributed by atoms with Crippen LogP contribution in [0.3, 0.4) is 0 Å². The minimum absolute atomic E-state index is 0.0179. The second kappa shape index (κ2) is 7.02. The third kappa shape index (κ3) is 3.92. The van der Waals surface area contributed by atoms with Gasteiger partial charge in [0.2, 0.25) is 0 Å². The number of anilines is 2. The van der Waals surface area contributed by atoms with Crippen molar-refractivity contribution < 1.29 is 14.6 Å². The number of carbonyl (C=O) groups is 1. The van der Waals surface area contributed by atoms with Gasteiger partial charge in [-0.05, 0) is 19.1 Å². The summed E-state index contributed by atoms with van der Waals surface area (Å²) in [5.74, 6) is -0.372. The van der Waals surface area contributed by atoms with Crippen LogP contribution in [0.4, 0.5) is 27.8 Å². The Bertz CT molecular complexity index is 688. The third-order valence-electron chi connectivity index (χ3n) is 2.54. The highest BCUT2D eigenvalue weighted by molar-refractivity contribution is 5.86. The summed E-state index contributed by atoms with van der Waals surface area (Å²) in [6.07, 6.45) is -0.733. The fourth-order valence-corrected chi connectivity index (χ4v) is 1.55. The highest BCUT2D eigenvalue weighted by Gasteiger charge is 2.12. The zero-order valence-corrected chi connectivity index (χ0v) is 11.9. The number of aromatic nitrogens is 1. The van der Waals surface area contributed by atoms with E-state index in [9.17, 15) is 9.90 Å². The second-order valence-corrected chi connectivity index (χ2v) is 4.14. The number of ether oxygens (including phenoxy) is 1. The predicted molar refractivity (Wildman–Crippen MR) is 81.6 cm³/mol. The minimum Gasteiger partial charge on any atom is -0.504 e. The van der Waals surface area contributed by atoms with Gasteiger partial charge in [0, 0.05) is 6.07 Å². The van der Waals surface area contributed by atoms with Gasteiger partial charge in [0.05, 0.1) is 12.3 Å². The van der Waals surface area contributed by atoms with Gasteiger partial charge in [-0.25, -0.2) is 9.78 Å². The van der Waals surface area contributed by atoms with Gasteiger partial charge in [0.25, 0.3) is 0 Å². The van der Waals surface area contributed by atoms with Crippen LogP contribution in [0, 0.1) is 0 Å². The first kappa shape index (κ1) is 15.2. The van der Waals surface area contributed by atoms with Crippen LogP contribution in [0.1, 0.15) is 6.92 Å². The van der Waals surface area contributed by atoms with E-state index in [1.807, 2.05) is 18.2 Å². The van der Waals surface area contributed by atoms with E-state index < -0.39 is 6.09 Å². The molecule has 8 heteroatoms. The van der Waals surface area contributed by atoms with Gasteiger partial charge in [-0.3, -0.25) is 5.32 Å². The summed E-state index contributed by atoms with van der Waals surface area (Å²) >= 11 is 0.